The van der Waals surface area contributed by atoms with Gasteiger partial charge in [-0.15, -0.1) is 10.2 Å². The molecule has 2 aromatic rings. The molecule has 0 unspecified atom stereocenters. The van der Waals surface area contributed by atoms with E-state index in [4.69, 9.17) is 4.74 Å². The van der Waals surface area contributed by atoms with Crippen molar-refractivity contribution in [3.8, 4) is 5.75 Å². The molecule has 0 spiro atoms. The van der Waals surface area contributed by atoms with Gasteiger partial charge in [0.2, 0.25) is 5.13 Å². The van der Waals surface area contributed by atoms with E-state index in [-0.39, 0.29) is 0 Å². The molecule has 2 amide bonds. The van der Waals surface area contributed by atoms with Crippen LogP contribution in [0.5, 0.6) is 5.75 Å². The van der Waals surface area contributed by atoms with E-state index >= 15 is 0 Å². The number of ether oxygens (including phenoxy) is 1. The Hall–Kier alpha value is -2.48. The third kappa shape index (κ3) is 3.09. The highest BCUT2D eigenvalue weighted by atomic mass is 32.1. The molecule has 2 N–H and O–H groups in total. The maximum atomic E-state index is 12.6. The van der Waals surface area contributed by atoms with E-state index in [1.807, 2.05) is 0 Å². The van der Waals surface area contributed by atoms with Crippen molar-refractivity contribution in [3.63, 3.8) is 0 Å². The van der Waals surface area contributed by atoms with Crippen molar-refractivity contribution >= 4 is 34.0 Å². The number of hydrogen-bond donors (Lipinski definition) is 2. The number of benzene rings is 1. The molecule has 8 heteroatoms. The summed E-state index contributed by atoms with van der Waals surface area (Å²) in [6.45, 7) is 5.60. The molecule has 0 aliphatic carbocycles. The number of fused-ring (bicyclic) bond motifs is 1. The molecule has 0 fully saturated rings. The Balaban J connectivity index is 1.77. The van der Waals surface area contributed by atoms with Crippen LogP contribution < -0.4 is 15.4 Å². The molecule has 2 heterocycles. The van der Waals surface area contributed by atoms with Crippen molar-refractivity contribution < 1.29 is 14.3 Å². The van der Waals surface area contributed by atoms with E-state index in [9.17, 15) is 9.59 Å². The molecular formula is C16H18N4O3S. The molecule has 126 valence electrons. The quantitative estimate of drug-likeness (QED) is 0.830. The monoisotopic (exact) mass is 346 g/mol. The third-order valence-corrected chi connectivity index (χ3v) is 4.45. The van der Waals surface area contributed by atoms with Gasteiger partial charge in [0.1, 0.15) is 10.8 Å². The van der Waals surface area contributed by atoms with Crippen LogP contribution in [0.15, 0.2) is 24.3 Å². The Morgan fingerprint density at radius 3 is 2.88 bits per heavy atom. The lowest BCUT2D eigenvalue weighted by Gasteiger charge is -2.32. The average molecular weight is 346 g/mol. The standard InChI is InChI=1S/C16H18N4O3S/c1-9(2)8-12-19-20-15(24-12)18-14(22)16(3)13(21)17-10-6-4-5-7-11(10)23-16/h4-7,9H,8H2,1-3H3,(H,17,21)(H,18,20,22)/t16-/m1/s1. The SMILES string of the molecule is CC(C)Cc1nnc(NC(=O)[C@]2(C)Oc3ccccc3NC2=O)s1. The summed E-state index contributed by atoms with van der Waals surface area (Å²) in [6, 6.07) is 6.97. The van der Waals surface area contributed by atoms with E-state index in [1.165, 1.54) is 18.3 Å². The summed E-state index contributed by atoms with van der Waals surface area (Å²) in [5.74, 6) is -0.206. The number of hydrogen-bond acceptors (Lipinski definition) is 6. The van der Waals surface area contributed by atoms with Crippen LogP contribution in [-0.2, 0) is 16.0 Å². The largest absolute Gasteiger partial charge is 0.466 e. The minimum absolute atomic E-state index is 0.354. The van der Waals surface area contributed by atoms with Crippen molar-refractivity contribution in [2.45, 2.75) is 32.8 Å². The number of nitrogens with zero attached hydrogens (tertiary/aromatic N) is 2. The zero-order chi connectivity index (χ0) is 17.3. The lowest BCUT2D eigenvalue weighted by Crippen LogP contribution is -2.56. The van der Waals surface area contributed by atoms with Crippen LogP contribution in [0.1, 0.15) is 25.8 Å². The van der Waals surface area contributed by atoms with Gasteiger partial charge in [-0.25, -0.2) is 0 Å². The van der Waals surface area contributed by atoms with Crippen molar-refractivity contribution in [1.29, 1.82) is 0 Å². The number of rotatable bonds is 4. The van der Waals surface area contributed by atoms with Crippen LogP contribution in [0, 0.1) is 5.92 Å². The number of amides is 2. The Morgan fingerprint density at radius 2 is 2.12 bits per heavy atom. The van der Waals surface area contributed by atoms with Crippen molar-refractivity contribution in [1.82, 2.24) is 10.2 Å². The number of carbonyl (C=O) groups excluding carboxylic acids is 2. The zero-order valence-corrected chi connectivity index (χ0v) is 14.4. The van der Waals surface area contributed by atoms with E-state index in [0.717, 1.165) is 11.4 Å². The molecular weight excluding hydrogens is 328 g/mol. The minimum Gasteiger partial charge on any atom is -0.466 e. The molecule has 0 bridgehead atoms. The van der Waals surface area contributed by atoms with Gasteiger partial charge in [0.25, 0.3) is 17.4 Å². The molecule has 3 rings (SSSR count). The first-order valence-electron chi connectivity index (χ1n) is 7.62. The first-order valence-corrected chi connectivity index (χ1v) is 8.43. The Bertz CT molecular complexity index is 789. The van der Waals surface area contributed by atoms with Gasteiger partial charge in [0.05, 0.1) is 5.69 Å². The van der Waals surface area contributed by atoms with Crippen LogP contribution in [0.3, 0.4) is 0 Å². The number of carbonyl (C=O) groups is 2. The molecule has 1 aliphatic heterocycles. The summed E-state index contributed by atoms with van der Waals surface area (Å²) >= 11 is 1.30. The number of para-hydroxylation sites is 2. The van der Waals surface area contributed by atoms with Gasteiger partial charge in [-0.3, -0.25) is 14.9 Å². The summed E-state index contributed by atoms with van der Waals surface area (Å²) in [4.78, 5) is 24.9. The topological polar surface area (TPSA) is 93.2 Å². The molecule has 1 atom stereocenters. The molecule has 0 radical (unpaired) electrons. The second kappa shape index (κ2) is 6.20. The fraction of sp³-hybridized carbons (Fsp3) is 0.375. The van der Waals surface area contributed by atoms with Gasteiger partial charge in [-0.1, -0.05) is 37.3 Å². The molecule has 1 aliphatic rings. The van der Waals surface area contributed by atoms with Crippen LogP contribution in [0.2, 0.25) is 0 Å². The average Bonchev–Trinajstić information content (AvgIpc) is 2.94. The van der Waals surface area contributed by atoms with Crippen LogP contribution >= 0.6 is 11.3 Å². The summed E-state index contributed by atoms with van der Waals surface area (Å²) < 4.78 is 5.67. The highest BCUT2D eigenvalue weighted by Gasteiger charge is 2.47. The predicted octanol–water partition coefficient (Wildman–Crippen LogP) is 2.46. The Labute approximate surface area is 143 Å². The van der Waals surface area contributed by atoms with Gasteiger partial charge >= 0.3 is 0 Å². The smallest absolute Gasteiger partial charge is 0.280 e. The molecule has 7 nitrogen and oxygen atoms in total. The van der Waals surface area contributed by atoms with E-state index in [2.05, 4.69) is 34.7 Å². The third-order valence-electron chi connectivity index (χ3n) is 3.59. The van der Waals surface area contributed by atoms with Gasteiger partial charge in [0, 0.05) is 6.42 Å². The fourth-order valence-corrected chi connectivity index (χ4v) is 3.22. The van der Waals surface area contributed by atoms with Gasteiger partial charge in [0.15, 0.2) is 0 Å². The first kappa shape index (κ1) is 16.4. The minimum atomic E-state index is -1.67. The van der Waals surface area contributed by atoms with E-state index < -0.39 is 17.4 Å². The maximum Gasteiger partial charge on any atom is 0.280 e. The Kier molecular flexibility index (Phi) is 4.23. The van der Waals surface area contributed by atoms with Gasteiger partial charge in [-0.05, 0) is 25.0 Å². The van der Waals surface area contributed by atoms with Crippen molar-refractivity contribution in [2.75, 3.05) is 10.6 Å². The number of anilines is 2. The van der Waals surface area contributed by atoms with Gasteiger partial charge in [-0.2, -0.15) is 0 Å². The molecule has 1 aromatic heterocycles. The summed E-state index contributed by atoms with van der Waals surface area (Å²) in [5, 5.41) is 14.5. The summed E-state index contributed by atoms with van der Waals surface area (Å²) in [6.07, 6.45) is 0.787. The lowest BCUT2D eigenvalue weighted by molar-refractivity contribution is -0.143. The molecule has 24 heavy (non-hydrogen) atoms. The van der Waals surface area contributed by atoms with Gasteiger partial charge < -0.3 is 10.1 Å². The predicted molar refractivity (Wildman–Crippen MR) is 91.2 cm³/mol. The van der Waals surface area contributed by atoms with E-state index in [1.54, 1.807) is 24.3 Å². The zero-order valence-electron chi connectivity index (χ0n) is 13.6. The first-order chi connectivity index (χ1) is 11.4. The van der Waals surface area contributed by atoms with Crippen LogP contribution in [-0.4, -0.2) is 27.6 Å². The normalized spacial score (nSPS) is 19.4. The number of aromatic nitrogens is 2. The summed E-state index contributed by atoms with van der Waals surface area (Å²) in [7, 11) is 0. The summed E-state index contributed by atoms with van der Waals surface area (Å²) in [5.41, 5.74) is -1.12. The highest BCUT2D eigenvalue weighted by Crippen LogP contribution is 2.34. The second-order valence-corrected chi connectivity index (χ2v) is 7.20. The molecule has 1 aromatic carbocycles. The van der Waals surface area contributed by atoms with E-state index in [0.29, 0.717) is 22.5 Å². The maximum absolute atomic E-state index is 12.6. The Morgan fingerprint density at radius 1 is 1.38 bits per heavy atom. The highest BCUT2D eigenvalue weighted by molar-refractivity contribution is 7.15. The second-order valence-electron chi connectivity index (χ2n) is 6.14. The fourth-order valence-electron chi connectivity index (χ4n) is 2.27. The van der Waals surface area contributed by atoms with Crippen molar-refractivity contribution in [2.24, 2.45) is 5.92 Å². The van der Waals surface area contributed by atoms with Crippen LogP contribution in [0.25, 0.3) is 0 Å². The van der Waals surface area contributed by atoms with Crippen molar-refractivity contribution in [3.05, 3.63) is 29.3 Å². The lowest BCUT2D eigenvalue weighted by atomic mass is 10.0. The number of nitrogens with one attached hydrogen (secondary N) is 2. The molecule has 0 saturated carbocycles. The molecule has 0 saturated heterocycles. The van der Waals surface area contributed by atoms with Crippen LogP contribution in [0.4, 0.5) is 10.8 Å².